The summed E-state index contributed by atoms with van der Waals surface area (Å²) in [4.78, 5) is 15.4. The number of nitrogens with one attached hydrogen (secondary N) is 1. The molecule has 1 rings (SSSR count). The van der Waals surface area contributed by atoms with Crippen LogP contribution in [0.5, 0.6) is 0 Å². The van der Waals surface area contributed by atoms with Gasteiger partial charge in [0.1, 0.15) is 0 Å². The number of amides is 1. The smallest absolute Gasteiger partial charge is 0.253 e. The SMILES string of the molecule is Cc1ccncc1C(=O)NC(C)C. The lowest BCUT2D eigenvalue weighted by Gasteiger charge is -2.09. The third-order valence-electron chi connectivity index (χ3n) is 1.70. The molecule has 0 aliphatic rings. The Bertz CT molecular complexity index is 308. The molecule has 3 heteroatoms. The van der Waals surface area contributed by atoms with Crippen LogP contribution in [0.25, 0.3) is 0 Å². The van der Waals surface area contributed by atoms with Gasteiger partial charge in [0.25, 0.3) is 5.91 Å². The molecule has 0 aromatic carbocycles. The molecule has 0 aliphatic heterocycles. The van der Waals surface area contributed by atoms with E-state index >= 15 is 0 Å². The highest BCUT2D eigenvalue weighted by molar-refractivity contribution is 5.95. The van der Waals surface area contributed by atoms with Gasteiger partial charge in [-0.2, -0.15) is 0 Å². The molecule has 3 nitrogen and oxygen atoms in total. The molecule has 0 unspecified atom stereocenters. The van der Waals surface area contributed by atoms with Crippen molar-refractivity contribution in [1.29, 1.82) is 0 Å². The van der Waals surface area contributed by atoms with Crippen LogP contribution in [0.2, 0.25) is 0 Å². The Morgan fingerprint density at radius 1 is 1.54 bits per heavy atom. The average Bonchev–Trinajstić information content (AvgIpc) is 2.03. The van der Waals surface area contributed by atoms with Crippen LogP contribution < -0.4 is 5.32 Å². The first-order valence-electron chi connectivity index (χ1n) is 4.32. The first-order valence-corrected chi connectivity index (χ1v) is 4.32. The highest BCUT2D eigenvalue weighted by Crippen LogP contribution is 2.04. The number of nitrogens with zero attached hydrogens (tertiary/aromatic N) is 1. The molecule has 1 amide bonds. The van der Waals surface area contributed by atoms with E-state index in [0.717, 1.165) is 5.56 Å². The van der Waals surface area contributed by atoms with Crippen LogP contribution in [0.3, 0.4) is 0 Å². The van der Waals surface area contributed by atoms with Crippen molar-refractivity contribution in [1.82, 2.24) is 10.3 Å². The van der Waals surface area contributed by atoms with E-state index in [1.807, 2.05) is 26.8 Å². The fraction of sp³-hybridized carbons (Fsp3) is 0.400. The van der Waals surface area contributed by atoms with E-state index in [9.17, 15) is 4.79 Å². The second kappa shape index (κ2) is 4.03. The van der Waals surface area contributed by atoms with E-state index in [0.29, 0.717) is 5.56 Å². The van der Waals surface area contributed by atoms with Gasteiger partial charge in [-0.25, -0.2) is 0 Å². The van der Waals surface area contributed by atoms with E-state index in [4.69, 9.17) is 0 Å². The standard InChI is InChI=1S/C10H14N2O/c1-7(2)12-10(13)9-6-11-5-4-8(9)3/h4-7H,1-3H3,(H,12,13). The summed E-state index contributed by atoms with van der Waals surface area (Å²) < 4.78 is 0. The predicted molar refractivity (Wildman–Crippen MR) is 51.6 cm³/mol. The van der Waals surface area contributed by atoms with Crippen LogP contribution >= 0.6 is 0 Å². The Labute approximate surface area is 78.2 Å². The minimum absolute atomic E-state index is 0.0550. The zero-order valence-corrected chi connectivity index (χ0v) is 8.16. The van der Waals surface area contributed by atoms with Crippen LogP contribution in [0.4, 0.5) is 0 Å². The number of aromatic nitrogens is 1. The molecule has 0 bridgehead atoms. The quantitative estimate of drug-likeness (QED) is 0.746. The molecule has 1 aromatic heterocycles. The molecule has 1 N–H and O–H groups in total. The van der Waals surface area contributed by atoms with Crippen LogP contribution in [-0.2, 0) is 0 Å². The Hall–Kier alpha value is -1.38. The van der Waals surface area contributed by atoms with E-state index in [-0.39, 0.29) is 11.9 Å². The molecule has 0 fully saturated rings. The van der Waals surface area contributed by atoms with E-state index in [1.165, 1.54) is 0 Å². The number of carbonyl (C=O) groups excluding carboxylic acids is 1. The van der Waals surface area contributed by atoms with Gasteiger partial charge < -0.3 is 5.32 Å². The zero-order chi connectivity index (χ0) is 9.84. The number of carbonyl (C=O) groups is 1. The van der Waals surface area contributed by atoms with Crippen LogP contribution in [0.15, 0.2) is 18.5 Å². The van der Waals surface area contributed by atoms with Gasteiger partial charge in [0.15, 0.2) is 0 Å². The summed E-state index contributed by atoms with van der Waals surface area (Å²) >= 11 is 0. The molecular weight excluding hydrogens is 164 g/mol. The first kappa shape index (κ1) is 9.71. The minimum Gasteiger partial charge on any atom is -0.350 e. The van der Waals surface area contributed by atoms with Gasteiger partial charge in [-0.1, -0.05) is 0 Å². The average molecular weight is 178 g/mol. The predicted octanol–water partition coefficient (Wildman–Crippen LogP) is 1.53. The van der Waals surface area contributed by atoms with Gasteiger partial charge >= 0.3 is 0 Å². The lowest BCUT2D eigenvalue weighted by atomic mass is 10.1. The lowest BCUT2D eigenvalue weighted by molar-refractivity contribution is 0.0942. The monoisotopic (exact) mass is 178 g/mol. The van der Waals surface area contributed by atoms with E-state index in [1.54, 1.807) is 12.4 Å². The Morgan fingerprint density at radius 3 is 2.77 bits per heavy atom. The number of hydrogen-bond donors (Lipinski definition) is 1. The van der Waals surface area contributed by atoms with Gasteiger partial charge in [-0.3, -0.25) is 9.78 Å². The summed E-state index contributed by atoms with van der Waals surface area (Å²) in [5.41, 5.74) is 1.60. The van der Waals surface area contributed by atoms with Gasteiger partial charge in [-0.15, -0.1) is 0 Å². The molecule has 0 saturated carbocycles. The lowest BCUT2D eigenvalue weighted by Crippen LogP contribution is -2.30. The fourth-order valence-corrected chi connectivity index (χ4v) is 1.04. The van der Waals surface area contributed by atoms with Gasteiger partial charge in [-0.05, 0) is 32.4 Å². The van der Waals surface area contributed by atoms with Crippen molar-refractivity contribution in [2.24, 2.45) is 0 Å². The maximum absolute atomic E-state index is 11.5. The summed E-state index contributed by atoms with van der Waals surface area (Å²) in [6.07, 6.45) is 3.27. The molecule has 0 atom stereocenters. The number of hydrogen-bond acceptors (Lipinski definition) is 2. The third kappa shape index (κ3) is 2.54. The highest BCUT2D eigenvalue weighted by atomic mass is 16.1. The zero-order valence-electron chi connectivity index (χ0n) is 8.16. The Morgan fingerprint density at radius 2 is 2.23 bits per heavy atom. The van der Waals surface area contributed by atoms with Crippen LogP contribution in [-0.4, -0.2) is 16.9 Å². The molecule has 1 heterocycles. The van der Waals surface area contributed by atoms with Gasteiger partial charge in [0.2, 0.25) is 0 Å². The molecule has 0 aliphatic carbocycles. The summed E-state index contributed by atoms with van der Waals surface area (Å²) in [5.74, 6) is -0.0550. The van der Waals surface area contributed by atoms with Crippen molar-refractivity contribution in [3.05, 3.63) is 29.6 Å². The molecule has 0 radical (unpaired) electrons. The van der Waals surface area contributed by atoms with Crippen molar-refractivity contribution < 1.29 is 4.79 Å². The molecule has 1 aromatic rings. The van der Waals surface area contributed by atoms with Gasteiger partial charge in [0.05, 0.1) is 5.56 Å². The highest BCUT2D eigenvalue weighted by Gasteiger charge is 2.08. The molecule has 13 heavy (non-hydrogen) atoms. The van der Waals surface area contributed by atoms with Crippen molar-refractivity contribution in [2.45, 2.75) is 26.8 Å². The molecular formula is C10H14N2O. The van der Waals surface area contributed by atoms with E-state index in [2.05, 4.69) is 10.3 Å². The summed E-state index contributed by atoms with van der Waals surface area (Å²) in [6, 6.07) is 1.99. The summed E-state index contributed by atoms with van der Waals surface area (Å²) in [7, 11) is 0. The largest absolute Gasteiger partial charge is 0.350 e. The topological polar surface area (TPSA) is 42.0 Å². The van der Waals surface area contributed by atoms with E-state index < -0.39 is 0 Å². The van der Waals surface area contributed by atoms with Crippen molar-refractivity contribution in [3.63, 3.8) is 0 Å². The molecule has 70 valence electrons. The van der Waals surface area contributed by atoms with Crippen LogP contribution in [0.1, 0.15) is 29.8 Å². The molecule has 0 saturated heterocycles. The Kier molecular flexibility index (Phi) is 3.01. The third-order valence-corrected chi connectivity index (χ3v) is 1.70. The maximum Gasteiger partial charge on any atom is 0.253 e. The normalized spacial score (nSPS) is 10.2. The number of pyridine rings is 1. The fourth-order valence-electron chi connectivity index (χ4n) is 1.04. The summed E-state index contributed by atoms with van der Waals surface area (Å²) in [6.45, 7) is 5.77. The first-order chi connectivity index (χ1) is 6.11. The molecule has 0 spiro atoms. The Balaban J connectivity index is 2.83. The van der Waals surface area contributed by atoms with Crippen molar-refractivity contribution in [3.8, 4) is 0 Å². The van der Waals surface area contributed by atoms with Crippen LogP contribution in [0, 0.1) is 6.92 Å². The van der Waals surface area contributed by atoms with Gasteiger partial charge in [0, 0.05) is 18.4 Å². The number of aryl methyl sites for hydroxylation is 1. The minimum atomic E-state index is -0.0550. The van der Waals surface area contributed by atoms with Crippen molar-refractivity contribution in [2.75, 3.05) is 0 Å². The maximum atomic E-state index is 11.5. The van der Waals surface area contributed by atoms with Crippen molar-refractivity contribution >= 4 is 5.91 Å². The number of rotatable bonds is 2. The summed E-state index contributed by atoms with van der Waals surface area (Å²) in [5, 5.41) is 2.82. The second-order valence-electron chi connectivity index (χ2n) is 3.32. The second-order valence-corrected chi connectivity index (χ2v) is 3.32.